The summed E-state index contributed by atoms with van der Waals surface area (Å²) in [7, 11) is 0. The van der Waals surface area contributed by atoms with E-state index in [9.17, 15) is 19.8 Å². The van der Waals surface area contributed by atoms with Crippen molar-refractivity contribution in [2.24, 2.45) is 4.99 Å². The van der Waals surface area contributed by atoms with E-state index < -0.39 is 23.5 Å². The molecule has 5 rings (SSSR count). The fourth-order valence-electron chi connectivity index (χ4n) is 5.22. The maximum Gasteiger partial charge on any atom is 0.334 e. The number of aromatic nitrogens is 1. The predicted molar refractivity (Wildman–Crippen MR) is 149 cm³/mol. The molecule has 3 aromatic rings. The highest BCUT2D eigenvalue weighted by molar-refractivity contribution is 6.30. The van der Waals surface area contributed by atoms with Crippen LogP contribution >= 0.6 is 11.6 Å². The minimum atomic E-state index is -1.33. The van der Waals surface area contributed by atoms with E-state index in [-0.39, 0.29) is 18.3 Å². The molecule has 2 aliphatic rings. The first-order valence-corrected chi connectivity index (χ1v) is 13.0. The van der Waals surface area contributed by atoms with Crippen LogP contribution in [-0.4, -0.2) is 50.6 Å². The van der Waals surface area contributed by atoms with Gasteiger partial charge in [-0.15, -0.1) is 0 Å². The maximum absolute atomic E-state index is 13.1. The standard InChI is InChI=1S/C30H27ClN4O4/c1-19-23(10-6-16-32-19)28(36)34-27-26(29(37)38)35(25-12-3-2-11-24(25)33-27)22-9-5-14-30(39,18-22)15-13-20-7-4-8-21(31)17-20/h2-4,6-8,10-12,16-17,22,26,39H,5,9,14,18H2,1H3,(H,37,38)(H,33,34,36)/t22-,26?,30+/m0/s1. The van der Waals surface area contributed by atoms with Gasteiger partial charge >= 0.3 is 5.97 Å². The molecule has 0 spiro atoms. The van der Waals surface area contributed by atoms with Gasteiger partial charge in [0.15, 0.2) is 6.04 Å². The summed E-state index contributed by atoms with van der Waals surface area (Å²) in [6.45, 7) is 1.71. The predicted octanol–water partition coefficient (Wildman–Crippen LogP) is 4.50. The van der Waals surface area contributed by atoms with Crippen molar-refractivity contribution in [2.45, 2.75) is 50.3 Å². The van der Waals surface area contributed by atoms with E-state index in [0.29, 0.717) is 52.5 Å². The van der Waals surface area contributed by atoms with Crippen molar-refractivity contribution in [1.29, 1.82) is 0 Å². The van der Waals surface area contributed by atoms with Gasteiger partial charge < -0.3 is 20.4 Å². The average Bonchev–Trinajstić information content (AvgIpc) is 2.91. The second kappa shape index (κ2) is 10.9. The number of amidine groups is 1. The topological polar surface area (TPSA) is 115 Å². The van der Waals surface area contributed by atoms with Gasteiger partial charge in [0.25, 0.3) is 5.91 Å². The number of aliphatic carboxylic acids is 1. The molecule has 1 aliphatic heterocycles. The number of nitrogens with zero attached hydrogens (tertiary/aromatic N) is 3. The van der Waals surface area contributed by atoms with Crippen molar-refractivity contribution < 1.29 is 19.8 Å². The van der Waals surface area contributed by atoms with E-state index in [1.165, 1.54) is 0 Å². The Hall–Kier alpha value is -4.19. The molecule has 198 valence electrons. The number of rotatable bonds is 3. The Kier molecular flexibility index (Phi) is 7.38. The average molecular weight is 543 g/mol. The molecule has 2 aromatic carbocycles. The van der Waals surface area contributed by atoms with Crippen LogP contribution in [0.2, 0.25) is 5.02 Å². The fourth-order valence-corrected chi connectivity index (χ4v) is 5.41. The van der Waals surface area contributed by atoms with Crippen molar-refractivity contribution in [3.63, 3.8) is 0 Å². The van der Waals surface area contributed by atoms with Crippen LogP contribution in [0.15, 0.2) is 71.9 Å². The molecule has 0 bridgehead atoms. The van der Waals surface area contributed by atoms with Crippen LogP contribution in [0.5, 0.6) is 0 Å². The van der Waals surface area contributed by atoms with E-state index >= 15 is 0 Å². The van der Waals surface area contributed by atoms with E-state index in [2.05, 4.69) is 27.1 Å². The van der Waals surface area contributed by atoms with Crippen molar-refractivity contribution in [1.82, 2.24) is 10.3 Å². The number of carboxylic acid groups (broad SMARTS) is 1. The molecule has 1 aliphatic carbocycles. The molecule has 1 fully saturated rings. The Morgan fingerprint density at radius 2 is 1.97 bits per heavy atom. The summed E-state index contributed by atoms with van der Waals surface area (Å²) in [6, 6.07) is 15.9. The number of nitrogens with one attached hydrogen (secondary N) is 1. The first-order valence-electron chi connectivity index (χ1n) is 12.7. The van der Waals surface area contributed by atoms with Gasteiger partial charge in [0, 0.05) is 34.9 Å². The van der Waals surface area contributed by atoms with Gasteiger partial charge in [0.05, 0.1) is 16.9 Å². The molecule has 0 radical (unpaired) electrons. The number of carbonyl (C=O) groups excluding carboxylic acids is 1. The summed E-state index contributed by atoms with van der Waals surface area (Å²) in [5.74, 6) is 4.40. The number of benzene rings is 2. The molecule has 1 saturated carbocycles. The Balaban J connectivity index is 1.49. The second-order valence-electron chi connectivity index (χ2n) is 9.77. The lowest BCUT2D eigenvalue weighted by molar-refractivity contribution is -0.137. The van der Waals surface area contributed by atoms with Crippen LogP contribution in [0, 0.1) is 18.8 Å². The van der Waals surface area contributed by atoms with Crippen molar-refractivity contribution in [3.8, 4) is 11.8 Å². The number of carboxylic acids is 1. The quantitative estimate of drug-likeness (QED) is 0.420. The van der Waals surface area contributed by atoms with Crippen LogP contribution in [0.25, 0.3) is 0 Å². The number of amides is 1. The number of aliphatic imine (C=N–C) groups is 1. The largest absolute Gasteiger partial charge is 0.479 e. The second-order valence-corrected chi connectivity index (χ2v) is 10.2. The lowest BCUT2D eigenvalue weighted by Gasteiger charge is -2.45. The zero-order valence-electron chi connectivity index (χ0n) is 21.3. The van der Waals surface area contributed by atoms with Crippen molar-refractivity contribution >= 4 is 40.7 Å². The molecule has 9 heteroatoms. The normalized spacial score (nSPS) is 22.1. The molecule has 39 heavy (non-hydrogen) atoms. The van der Waals surface area contributed by atoms with Crippen LogP contribution in [-0.2, 0) is 4.79 Å². The van der Waals surface area contributed by atoms with Gasteiger partial charge in [0.2, 0.25) is 0 Å². The smallest absolute Gasteiger partial charge is 0.334 e. The summed E-state index contributed by atoms with van der Waals surface area (Å²) in [4.78, 5) is 36.3. The molecular formula is C30H27ClN4O4. The lowest BCUT2D eigenvalue weighted by Crippen LogP contribution is -2.59. The number of pyridine rings is 1. The number of hydrogen-bond donors (Lipinski definition) is 3. The Bertz CT molecular complexity index is 1530. The zero-order valence-corrected chi connectivity index (χ0v) is 22.0. The Morgan fingerprint density at radius 3 is 2.74 bits per heavy atom. The first kappa shape index (κ1) is 26.4. The number of aryl methyl sites for hydroxylation is 1. The van der Waals surface area contributed by atoms with E-state index in [0.717, 1.165) is 0 Å². The van der Waals surface area contributed by atoms with E-state index in [1.807, 2.05) is 18.2 Å². The van der Waals surface area contributed by atoms with Crippen LogP contribution in [0.3, 0.4) is 0 Å². The highest BCUT2D eigenvalue weighted by Crippen LogP contribution is 2.41. The molecule has 1 amide bonds. The van der Waals surface area contributed by atoms with Crippen LogP contribution in [0.1, 0.15) is 47.3 Å². The number of fused-ring (bicyclic) bond motifs is 1. The lowest BCUT2D eigenvalue weighted by atomic mass is 9.80. The number of anilines is 1. The number of halogens is 1. The highest BCUT2D eigenvalue weighted by Gasteiger charge is 2.44. The molecule has 1 aromatic heterocycles. The zero-order chi connectivity index (χ0) is 27.6. The minimum Gasteiger partial charge on any atom is -0.479 e. The molecule has 3 atom stereocenters. The summed E-state index contributed by atoms with van der Waals surface area (Å²) < 4.78 is 0. The number of para-hydroxylation sites is 2. The van der Waals surface area contributed by atoms with Gasteiger partial charge in [-0.05, 0) is 68.7 Å². The van der Waals surface area contributed by atoms with E-state index in [1.54, 1.807) is 60.5 Å². The molecule has 3 N–H and O–H groups in total. The monoisotopic (exact) mass is 542 g/mol. The Labute approximate surface area is 231 Å². The molecule has 2 heterocycles. The minimum absolute atomic E-state index is 0.00794. The molecule has 0 saturated heterocycles. The molecular weight excluding hydrogens is 516 g/mol. The maximum atomic E-state index is 13.1. The Morgan fingerprint density at radius 1 is 1.15 bits per heavy atom. The summed E-state index contributed by atoms with van der Waals surface area (Å²) in [5.41, 5.74) is 1.37. The fraction of sp³-hybridized carbons (Fsp3) is 0.267. The summed E-state index contributed by atoms with van der Waals surface area (Å²) in [5, 5.41) is 25.2. The summed E-state index contributed by atoms with van der Waals surface area (Å²) in [6.07, 6.45) is 3.55. The third kappa shape index (κ3) is 5.65. The third-order valence-electron chi connectivity index (χ3n) is 7.02. The van der Waals surface area contributed by atoms with Gasteiger partial charge in [-0.25, -0.2) is 9.79 Å². The number of hydrogen-bond acceptors (Lipinski definition) is 6. The van der Waals surface area contributed by atoms with Crippen LogP contribution in [0.4, 0.5) is 11.4 Å². The van der Waals surface area contributed by atoms with Gasteiger partial charge in [-0.2, -0.15) is 0 Å². The van der Waals surface area contributed by atoms with Gasteiger partial charge in [-0.3, -0.25) is 9.78 Å². The summed E-state index contributed by atoms with van der Waals surface area (Å²) >= 11 is 6.08. The number of carbonyl (C=O) groups is 2. The first-order chi connectivity index (χ1) is 18.7. The highest BCUT2D eigenvalue weighted by atomic mass is 35.5. The number of aliphatic hydroxyl groups is 1. The van der Waals surface area contributed by atoms with Crippen LogP contribution < -0.4 is 10.2 Å². The SMILES string of the molecule is Cc1ncccc1C(=O)NC1=Nc2ccccc2N([C@H]2CCC[C@@](O)(C#Cc3cccc(Cl)c3)C2)C1C(=O)O. The van der Waals surface area contributed by atoms with Crippen molar-refractivity contribution in [3.05, 3.63) is 88.7 Å². The van der Waals surface area contributed by atoms with Gasteiger partial charge in [0.1, 0.15) is 11.4 Å². The van der Waals surface area contributed by atoms with Crippen molar-refractivity contribution in [2.75, 3.05) is 4.90 Å². The van der Waals surface area contributed by atoms with Gasteiger partial charge in [-0.1, -0.05) is 41.6 Å². The molecule has 8 nitrogen and oxygen atoms in total. The third-order valence-corrected chi connectivity index (χ3v) is 7.26. The van der Waals surface area contributed by atoms with E-state index in [4.69, 9.17) is 11.6 Å². The molecule has 1 unspecified atom stereocenters.